The first-order valence-electron chi connectivity index (χ1n) is 35.7. The van der Waals surface area contributed by atoms with Gasteiger partial charge in [0.05, 0.1) is 102 Å². The summed E-state index contributed by atoms with van der Waals surface area (Å²) < 4.78 is 42.1. The number of aromatic carboxylic acids is 2. The zero-order valence-corrected chi connectivity index (χ0v) is 66.1. The number of benzene rings is 3. The molecule has 33 heteroatoms. The van der Waals surface area contributed by atoms with Crippen LogP contribution in [0.15, 0.2) is 72.8 Å². The molecule has 3 aromatic rings. The largest absolute Gasteiger partial charge is 0.478 e. The third-order valence-electron chi connectivity index (χ3n) is 17.2. The second kappa shape index (κ2) is 53.1. The molecule has 0 aromatic heterocycles. The number of carboxylic acids is 2. The van der Waals surface area contributed by atoms with Gasteiger partial charge in [-0.05, 0) is 149 Å². The number of aliphatic hydroxyl groups is 7. The van der Waals surface area contributed by atoms with Gasteiger partial charge in [-0.3, -0.25) is 47.9 Å². The summed E-state index contributed by atoms with van der Waals surface area (Å²) in [5.74, 6) is -10.4. The number of esters is 8. The quantitative estimate of drug-likeness (QED) is 0.0173. The van der Waals surface area contributed by atoms with Crippen molar-refractivity contribution in [1.29, 1.82) is 0 Å². The number of Topliss-reactive ketones (excluding diaryl/α,β-unsaturated/α-hetero) is 6. The lowest BCUT2D eigenvalue weighted by atomic mass is 9.81. The number of aliphatic hydroxyl groups excluding tert-OH is 7. The van der Waals surface area contributed by atoms with Crippen molar-refractivity contribution in [3.8, 4) is 0 Å². The van der Waals surface area contributed by atoms with Crippen LogP contribution in [0, 0.1) is 27.1 Å². The summed E-state index contributed by atoms with van der Waals surface area (Å²) in [6, 6.07) is 16.4. The van der Waals surface area contributed by atoms with Gasteiger partial charge in [0, 0.05) is 17.3 Å². The summed E-state index contributed by atoms with van der Waals surface area (Å²) in [5, 5.41) is 80.6. The molecule has 33 nitrogen and oxygen atoms in total. The average Bonchev–Trinajstić information content (AvgIpc) is 0.838. The van der Waals surface area contributed by atoms with Crippen molar-refractivity contribution >= 4 is 94.4 Å². The van der Waals surface area contributed by atoms with Crippen LogP contribution in [-0.4, -0.2) is 238 Å². The predicted octanol–water partition coefficient (Wildman–Crippen LogP) is 6.20. The molecule has 0 aliphatic heterocycles. The van der Waals surface area contributed by atoms with Gasteiger partial charge in [0.15, 0.2) is 0 Å². The lowest BCUT2D eigenvalue weighted by molar-refractivity contribution is -0.158. The van der Waals surface area contributed by atoms with E-state index in [2.05, 4.69) is 0 Å². The third-order valence-corrected chi connectivity index (χ3v) is 17.2. The fourth-order valence-corrected chi connectivity index (χ4v) is 8.77. The van der Waals surface area contributed by atoms with E-state index in [0.29, 0.717) is 25.7 Å². The molecule has 0 saturated carbocycles. The molecule has 1 unspecified atom stereocenters. The summed E-state index contributed by atoms with van der Waals surface area (Å²) in [4.78, 5) is 187. The van der Waals surface area contributed by atoms with Gasteiger partial charge in [-0.1, -0.05) is 52.8 Å². The van der Waals surface area contributed by atoms with E-state index in [1.165, 1.54) is 101 Å². The Bertz CT molecular complexity index is 3300. The number of hydrogen-bond acceptors (Lipinski definition) is 31. The molecule has 626 valence electrons. The third kappa shape index (κ3) is 41.9. The molecule has 1 atom stereocenters. The summed E-state index contributed by atoms with van der Waals surface area (Å²) in [6.45, 7) is 16.5. The molecule has 0 spiro atoms. The minimum atomic E-state index is -1.24. The highest BCUT2D eigenvalue weighted by molar-refractivity contribution is 5.99. The van der Waals surface area contributed by atoms with Crippen LogP contribution in [0.25, 0.3) is 0 Å². The Balaban J connectivity index is 0. The Morgan fingerprint density at radius 2 is 0.536 bits per heavy atom. The minimum Gasteiger partial charge on any atom is -0.478 e. The van der Waals surface area contributed by atoms with Gasteiger partial charge in [0.25, 0.3) is 0 Å². The first-order valence-corrected chi connectivity index (χ1v) is 35.7. The molecular weight excluding hydrogens is 1480 g/mol. The fraction of sp³-hybridized carbons (Fsp3) is 0.570. The lowest BCUT2D eigenvalue weighted by Gasteiger charge is -2.31. The maximum absolute atomic E-state index is 13.2. The van der Waals surface area contributed by atoms with Gasteiger partial charge in [-0.25, -0.2) is 28.8 Å². The normalized spacial score (nSPS) is 11.6. The van der Waals surface area contributed by atoms with E-state index in [0.717, 1.165) is 6.07 Å². The first kappa shape index (κ1) is 104. The standard InChI is InChI=1S/C37H48O15.C20H30O8.C8H6O4.C8H14O3.C6H14O3/c1-7-36(13-12-30(42)14-24(3)38,19-48-31(43)15-25(4)39)20-51-34(46)28-10-9-11-29(18-28)35(47)52-23-37(8-2,21-49-32(44)16-26(5)40)22-50-33(45)17-27(6)41;1-3-19(9-21,10-22)13-27-17(25)15-6-5-7-16(8-15)18(26)28-14-20(4-2,11-23)12-24;9-7(10)5-2-1-3-6(4-5)8(11)12;1-6(9)5-7(10)11-8(2,3)4;1-2-6(3-7,4-8)5-9/h9-11,18H,7-8,12-17,19-23H2,1-6H3;5-8,21-24H,3-4,9-14H2,1-2H3;1-4H,(H,9,10)(H,11,12);5H2,1-4H3;7-9H,2-5H2,1H3. The Hall–Kier alpha value is -9.90. The van der Waals surface area contributed by atoms with E-state index in [1.807, 2.05) is 6.92 Å². The average molecular weight is 1590 g/mol. The second-order valence-electron chi connectivity index (χ2n) is 28.0. The van der Waals surface area contributed by atoms with Crippen molar-refractivity contribution in [1.82, 2.24) is 0 Å². The SMILES string of the molecule is CC(=O)CC(=O)OC(C)(C)C.CCC(CCC(=O)CC(C)=O)(COC(=O)CC(C)=O)COC(=O)c1cccc(C(=O)OCC(CC)(COC(=O)CC(C)=O)COC(=O)CC(C)=O)c1.CCC(CO)(CO)CO.CCC(CO)(CO)COC(=O)c1cccc(C(=O)OCC(CC)(CO)CO)c1.O=C(O)c1cccc(C(=O)O)c1. The highest BCUT2D eigenvalue weighted by Crippen LogP contribution is 2.32. The number of hydrogen-bond donors (Lipinski definition) is 9. The fourth-order valence-electron chi connectivity index (χ4n) is 8.77. The number of ketones is 6. The molecule has 0 heterocycles. The Morgan fingerprint density at radius 3 is 0.777 bits per heavy atom. The van der Waals surface area contributed by atoms with Crippen molar-refractivity contribution in [2.24, 2.45) is 27.1 Å². The van der Waals surface area contributed by atoms with Crippen molar-refractivity contribution in [2.45, 2.75) is 173 Å². The Labute approximate surface area is 650 Å². The minimum absolute atomic E-state index is 0.0186. The summed E-state index contributed by atoms with van der Waals surface area (Å²) in [6.07, 6.45) is 0.124. The smallest absolute Gasteiger partial charge is 0.338 e. The van der Waals surface area contributed by atoms with Crippen molar-refractivity contribution in [3.05, 3.63) is 106 Å². The highest BCUT2D eigenvalue weighted by Gasteiger charge is 2.37. The maximum Gasteiger partial charge on any atom is 0.338 e. The number of ether oxygens (including phenoxy) is 8. The van der Waals surface area contributed by atoms with Crippen LogP contribution in [-0.2, 0) is 85.8 Å². The number of carbonyl (C=O) groups excluding carboxylic acids is 14. The summed E-state index contributed by atoms with van der Waals surface area (Å²) in [7, 11) is 0. The van der Waals surface area contributed by atoms with Gasteiger partial charge in [0.1, 0.15) is 112 Å². The Morgan fingerprint density at radius 1 is 0.304 bits per heavy atom. The molecule has 0 saturated heterocycles. The summed E-state index contributed by atoms with van der Waals surface area (Å²) in [5.41, 5.74) is -5.14. The number of rotatable bonds is 45. The van der Waals surface area contributed by atoms with Crippen molar-refractivity contribution in [2.75, 3.05) is 92.5 Å². The van der Waals surface area contributed by atoms with Gasteiger partial charge < -0.3 is 83.9 Å². The van der Waals surface area contributed by atoms with Crippen LogP contribution in [0.5, 0.6) is 0 Å². The van der Waals surface area contributed by atoms with Crippen LogP contribution >= 0.6 is 0 Å². The molecular formula is C79H112O33. The summed E-state index contributed by atoms with van der Waals surface area (Å²) >= 11 is 0. The monoisotopic (exact) mass is 1590 g/mol. The molecule has 0 amide bonds. The van der Waals surface area contributed by atoms with E-state index in [1.54, 1.807) is 48.5 Å². The zero-order valence-electron chi connectivity index (χ0n) is 66.1. The van der Waals surface area contributed by atoms with E-state index < -0.39 is 136 Å². The molecule has 112 heavy (non-hydrogen) atoms. The molecule has 0 aliphatic rings. The van der Waals surface area contributed by atoms with E-state index in [4.69, 9.17) is 63.4 Å². The maximum atomic E-state index is 13.2. The van der Waals surface area contributed by atoms with Crippen LogP contribution in [0.2, 0.25) is 0 Å². The van der Waals surface area contributed by atoms with Gasteiger partial charge in [0.2, 0.25) is 0 Å². The van der Waals surface area contributed by atoms with E-state index >= 15 is 0 Å². The van der Waals surface area contributed by atoms with Gasteiger partial charge in [-0.15, -0.1) is 0 Å². The van der Waals surface area contributed by atoms with E-state index in [9.17, 15) is 97.1 Å². The molecule has 0 fully saturated rings. The van der Waals surface area contributed by atoms with Crippen molar-refractivity contribution < 1.29 is 161 Å². The molecule has 3 aromatic carbocycles. The lowest BCUT2D eigenvalue weighted by Crippen LogP contribution is -2.39. The second-order valence-corrected chi connectivity index (χ2v) is 28.0. The van der Waals surface area contributed by atoms with Crippen LogP contribution in [0.3, 0.4) is 0 Å². The number of carbonyl (C=O) groups is 16. The van der Waals surface area contributed by atoms with Crippen LogP contribution in [0.1, 0.15) is 229 Å². The highest BCUT2D eigenvalue weighted by atomic mass is 16.6. The number of carboxylic acid groups (broad SMARTS) is 2. The van der Waals surface area contributed by atoms with Crippen molar-refractivity contribution in [3.63, 3.8) is 0 Å². The Kier molecular flexibility index (Phi) is 49.4. The first-order chi connectivity index (χ1) is 52.3. The van der Waals surface area contributed by atoms with E-state index in [-0.39, 0.29) is 169 Å². The molecule has 0 radical (unpaired) electrons. The zero-order chi connectivity index (χ0) is 86.2. The topological polar surface area (TPSA) is 529 Å². The van der Waals surface area contributed by atoms with Gasteiger partial charge in [-0.2, -0.15) is 0 Å². The molecule has 0 bridgehead atoms. The molecule has 9 N–H and O–H groups in total. The molecule has 0 aliphatic carbocycles. The molecule has 3 rings (SSSR count). The van der Waals surface area contributed by atoms with Crippen LogP contribution in [0.4, 0.5) is 0 Å². The van der Waals surface area contributed by atoms with Crippen LogP contribution < -0.4 is 0 Å². The van der Waals surface area contributed by atoms with Gasteiger partial charge >= 0.3 is 59.7 Å². The predicted molar refractivity (Wildman–Crippen MR) is 397 cm³/mol.